The first-order chi connectivity index (χ1) is 13.6. The van der Waals surface area contributed by atoms with E-state index in [1.807, 2.05) is 6.92 Å². The van der Waals surface area contributed by atoms with Crippen molar-refractivity contribution < 1.29 is 18.7 Å². The van der Waals surface area contributed by atoms with Gasteiger partial charge in [0, 0.05) is 24.4 Å². The third-order valence-corrected chi connectivity index (χ3v) is 5.29. The molecular weight excluding hydrogens is 361 g/mol. The molecule has 0 radical (unpaired) electrons. The van der Waals surface area contributed by atoms with Crippen LogP contribution >= 0.6 is 0 Å². The number of likely N-dealkylation sites (N-methyl/N-ethyl adjacent to an activating group) is 1. The third kappa shape index (κ3) is 4.19. The summed E-state index contributed by atoms with van der Waals surface area (Å²) in [6, 6.07) is 5.03. The number of amides is 2. The lowest BCUT2D eigenvalue weighted by molar-refractivity contribution is -0.139. The Morgan fingerprint density at radius 3 is 2.57 bits per heavy atom. The number of esters is 1. The topological polar surface area (TPSA) is 61.9 Å². The zero-order chi connectivity index (χ0) is 20.1. The second kappa shape index (κ2) is 9.19. The number of benzene rings is 1. The van der Waals surface area contributed by atoms with E-state index in [2.05, 4.69) is 10.2 Å². The van der Waals surface area contributed by atoms with Crippen molar-refractivity contribution in [1.82, 2.24) is 15.1 Å². The molecule has 6 nitrogen and oxygen atoms in total. The minimum Gasteiger partial charge on any atom is -0.463 e. The van der Waals surface area contributed by atoms with Crippen LogP contribution in [0.3, 0.4) is 0 Å². The summed E-state index contributed by atoms with van der Waals surface area (Å²) in [6.07, 6.45) is 3.38. The number of carbonyl (C=O) groups excluding carboxylic acids is 2. The molecule has 1 aromatic rings. The van der Waals surface area contributed by atoms with Crippen molar-refractivity contribution in [3.05, 3.63) is 46.9 Å². The molecular formula is C21H28FN3O3. The van der Waals surface area contributed by atoms with Crippen molar-refractivity contribution in [2.45, 2.75) is 39.2 Å². The number of nitrogens with zero attached hydrogens (tertiary/aromatic N) is 2. The minimum absolute atomic E-state index is 0.212. The Hall–Kier alpha value is -2.41. The molecule has 3 rings (SSSR count). The number of urea groups is 1. The Morgan fingerprint density at radius 2 is 1.93 bits per heavy atom. The van der Waals surface area contributed by atoms with Crippen LogP contribution in [0.5, 0.6) is 0 Å². The number of carbonyl (C=O) groups is 2. The second-order valence-electron chi connectivity index (χ2n) is 7.07. The van der Waals surface area contributed by atoms with Crippen molar-refractivity contribution in [1.29, 1.82) is 0 Å². The van der Waals surface area contributed by atoms with Crippen molar-refractivity contribution in [2.24, 2.45) is 0 Å². The largest absolute Gasteiger partial charge is 0.463 e. The quantitative estimate of drug-likeness (QED) is 0.759. The molecule has 1 saturated heterocycles. The van der Waals surface area contributed by atoms with Gasteiger partial charge in [-0.25, -0.2) is 14.0 Å². The number of piperidine rings is 1. The molecule has 7 heteroatoms. The van der Waals surface area contributed by atoms with E-state index in [1.165, 1.54) is 12.5 Å². The van der Waals surface area contributed by atoms with Crippen LogP contribution in [0, 0.1) is 5.82 Å². The van der Waals surface area contributed by atoms with E-state index < -0.39 is 17.8 Å². The fourth-order valence-corrected chi connectivity index (χ4v) is 3.93. The first kappa shape index (κ1) is 20.3. The van der Waals surface area contributed by atoms with Gasteiger partial charge in [-0.3, -0.25) is 9.80 Å². The molecule has 0 saturated carbocycles. The van der Waals surface area contributed by atoms with Gasteiger partial charge in [-0.15, -0.1) is 0 Å². The Labute approximate surface area is 165 Å². The van der Waals surface area contributed by atoms with Crippen LogP contribution in [0.2, 0.25) is 0 Å². The molecule has 1 N–H and O–H groups in total. The van der Waals surface area contributed by atoms with Crippen molar-refractivity contribution in [3.63, 3.8) is 0 Å². The lowest BCUT2D eigenvalue weighted by atomic mass is 9.93. The molecule has 2 heterocycles. The molecule has 0 bridgehead atoms. The molecule has 0 aliphatic carbocycles. The lowest BCUT2D eigenvalue weighted by Gasteiger charge is -2.39. The van der Waals surface area contributed by atoms with Gasteiger partial charge in [0.25, 0.3) is 0 Å². The molecule has 152 valence electrons. The molecule has 1 fully saturated rings. The normalized spacial score (nSPS) is 20.9. The molecule has 2 aliphatic rings. The van der Waals surface area contributed by atoms with Crippen LogP contribution in [0.15, 0.2) is 35.5 Å². The van der Waals surface area contributed by atoms with Crippen LogP contribution in [-0.2, 0) is 9.53 Å². The van der Waals surface area contributed by atoms with E-state index in [-0.39, 0.29) is 18.2 Å². The van der Waals surface area contributed by atoms with E-state index in [0.29, 0.717) is 24.4 Å². The average molecular weight is 389 g/mol. The summed E-state index contributed by atoms with van der Waals surface area (Å²) in [5.74, 6) is -0.974. The van der Waals surface area contributed by atoms with Crippen molar-refractivity contribution in [2.75, 3.05) is 32.8 Å². The first-order valence-corrected chi connectivity index (χ1v) is 10.0. The molecule has 1 atom stereocenters. The maximum Gasteiger partial charge on any atom is 0.338 e. The highest BCUT2D eigenvalue weighted by molar-refractivity contribution is 5.95. The zero-order valence-electron chi connectivity index (χ0n) is 16.5. The Kier molecular flexibility index (Phi) is 6.67. The molecule has 0 unspecified atom stereocenters. The standard InChI is InChI=1S/C21H28FN3O3/c1-3-25-17(14-24-12-8-5-9-13-24)18(20(26)28-4-2)19(23-21(25)27)15-10-6-7-11-16(15)22/h6-7,10-11,19H,3-5,8-9,12-14H2,1-2H3,(H,23,27)/t19-/m0/s1. The zero-order valence-corrected chi connectivity index (χ0v) is 16.5. The van der Waals surface area contributed by atoms with Crippen LogP contribution in [0.25, 0.3) is 0 Å². The summed E-state index contributed by atoms with van der Waals surface area (Å²) in [6.45, 7) is 6.54. The molecule has 0 aromatic heterocycles. The van der Waals surface area contributed by atoms with E-state index >= 15 is 0 Å². The van der Waals surface area contributed by atoms with Crippen LogP contribution in [0.4, 0.5) is 9.18 Å². The maximum atomic E-state index is 14.5. The summed E-state index contributed by atoms with van der Waals surface area (Å²) in [4.78, 5) is 29.5. The van der Waals surface area contributed by atoms with E-state index in [1.54, 1.807) is 30.0 Å². The van der Waals surface area contributed by atoms with Crippen molar-refractivity contribution >= 4 is 12.0 Å². The summed E-state index contributed by atoms with van der Waals surface area (Å²) < 4.78 is 19.8. The fourth-order valence-electron chi connectivity index (χ4n) is 3.93. The summed E-state index contributed by atoms with van der Waals surface area (Å²) in [5, 5.41) is 2.80. The Bertz CT molecular complexity index is 759. The second-order valence-corrected chi connectivity index (χ2v) is 7.07. The first-order valence-electron chi connectivity index (χ1n) is 10.0. The maximum absolute atomic E-state index is 14.5. The SMILES string of the molecule is CCOC(=O)C1=C(CN2CCCCC2)N(CC)C(=O)N[C@H]1c1ccccc1F. The van der Waals surface area contributed by atoms with Gasteiger partial charge in [-0.2, -0.15) is 0 Å². The predicted molar refractivity (Wildman–Crippen MR) is 104 cm³/mol. The number of likely N-dealkylation sites (tertiary alicyclic amines) is 1. The minimum atomic E-state index is -0.865. The van der Waals surface area contributed by atoms with Crippen LogP contribution in [-0.4, -0.2) is 54.6 Å². The molecule has 1 aromatic carbocycles. The van der Waals surface area contributed by atoms with E-state index in [4.69, 9.17) is 4.74 Å². The Balaban J connectivity index is 2.09. The monoisotopic (exact) mass is 389 g/mol. The Morgan fingerprint density at radius 1 is 1.21 bits per heavy atom. The average Bonchev–Trinajstić information content (AvgIpc) is 2.69. The number of hydrogen-bond acceptors (Lipinski definition) is 4. The molecule has 28 heavy (non-hydrogen) atoms. The predicted octanol–water partition coefficient (Wildman–Crippen LogP) is 3.22. The number of rotatable bonds is 6. The van der Waals surface area contributed by atoms with Crippen molar-refractivity contribution in [3.8, 4) is 0 Å². The fraction of sp³-hybridized carbons (Fsp3) is 0.524. The number of halogens is 1. The van der Waals surface area contributed by atoms with Crippen LogP contribution < -0.4 is 5.32 Å². The van der Waals surface area contributed by atoms with Gasteiger partial charge < -0.3 is 10.1 Å². The highest BCUT2D eigenvalue weighted by Crippen LogP contribution is 2.33. The van der Waals surface area contributed by atoms with Gasteiger partial charge in [-0.1, -0.05) is 24.6 Å². The highest BCUT2D eigenvalue weighted by atomic mass is 19.1. The van der Waals surface area contributed by atoms with Gasteiger partial charge in [-0.05, 0) is 45.8 Å². The molecule has 0 spiro atoms. The van der Waals surface area contributed by atoms with Crippen LogP contribution in [0.1, 0.15) is 44.7 Å². The molecule has 2 aliphatic heterocycles. The highest BCUT2D eigenvalue weighted by Gasteiger charge is 2.39. The third-order valence-electron chi connectivity index (χ3n) is 5.29. The summed E-state index contributed by atoms with van der Waals surface area (Å²) >= 11 is 0. The van der Waals surface area contributed by atoms with Gasteiger partial charge in [0.1, 0.15) is 5.82 Å². The van der Waals surface area contributed by atoms with Gasteiger partial charge in [0.2, 0.25) is 0 Å². The number of nitrogens with one attached hydrogen (secondary N) is 1. The van der Waals surface area contributed by atoms with Gasteiger partial charge >= 0.3 is 12.0 Å². The van der Waals surface area contributed by atoms with Gasteiger partial charge in [0.15, 0.2) is 0 Å². The summed E-state index contributed by atoms with van der Waals surface area (Å²) in [5.41, 5.74) is 1.20. The summed E-state index contributed by atoms with van der Waals surface area (Å²) in [7, 11) is 0. The lowest BCUT2D eigenvalue weighted by Crippen LogP contribution is -2.51. The van der Waals surface area contributed by atoms with E-state index in [0.717, 1.165) is 25.9 Å². The van der Waals surface area contributed by atoms with E-state index in [9.17, 15) is 14.0 Å². The number of ether oxygens (including phenoxy) is 1. The number of hydrogen-bond donors (Lipinski definition) is 1. The van der Waals surface area contributed by atoms with Gasteiger partial charge in [0.05, 0.1) is 18.2 Å². The smallest absolute Gasteiger partial charge is 0.338 e. The molecule has 2 amide bonds.